The number of thioether (sulfide) groups is 1. The van der Waals surface area contributed by atoms with Crippen LogP contribution in [0.25, 0.3) is 11.1 Å². The monoisotopic (exact) mass is 516 g/mol. The highest BCUT2D eigenvalue weighted by atomic mass is 127. The number of aryl methyl sites for hydroxylation is 1. The number of rotatable bonds is 6. The topological polar surface area (TPSA) is 89.3 Å². The van der Waals surface area contributed by atoms with Gasteiger partial charge in [0, 0.05) is 9.26 Å². The van der Waals surface area contributed by atoms with Gasteiger partial charge in [-0.15, -0.1) is 0 Å². The van der Waals surface area contributed by atoms with Crippen LogP contribution in [0.15, 0.2) is 50.9 Å². The molecule has 1 amide bonds. The lowest BCUT2D eigenvalue weighted by Crippen LogP contribution is -2.14. The van der Waals surface area contributed by atoms with Crippen molar-refractivity contribution in [3.63, 3.8) is 0 Å². The summed E-state index contributed by atoms with van der Waals surface area (Å²) in [5, 5.41) is 3.19. The molecular weight excluding hydrogens is 499 g/mol. The molecule has 0 unspecified atom stereocenters. The van der Waals surface area contributed by atoms with Crippen molar-refractivity contribution < 1.29 is 17.6 Å². The number of sulfone groups is 1. The minimum absolute atomic E-state index is 0.0239. The molecule has 1 aromatic heterocycles. The summed E-state index contributed by atoms with van der Waals surface area (Å²) in [5.41, 5.74) is 2.71. The minimum Gasteiger partial charge on any atom is -0.431 e. The van der Waals surface area contributed by atoms with Gasteiger partial charge >= 0.3 is 0 Å². The number of aromatic nitrogens is 1. The molecule has 2 aromatic carbocycles. The van der Waals surface area contributed by atoms with Crippen LogP contribution in [0.1, 0.15) is 12.5 Å². The molecule has 6 nitrogen and oxygen atoms in total. The highest BCUT2D eigenvalue weighted by molar-refractivity contribution is 14.1. The Balaban J connectivity index is 1.68. The molecule has 0 aliphatic carbocycles. The Morgan fingerprint density at radius 3 is 2.74 bits per heavy atom. The molecule has 3 rings (SSSR count). The van der Waals surface area contributed by atoms with Crippen molar-refractivity contribution in [1.82, 2.24) is 4.98 Å². The van der Waals surface area contributed by atoms with E-state index in [9.17, 15) is 13.2 Å². The highest BCUT2D eigenvalue weighted by Crippen LogP contribution is 2.26. The molecular formula is C18H17IN2O4S2. The van der Waals surface area contributed by atoms with Gasteiger partial charge in [0.15, 0.2) is 15.4 Å². The van der Waals surface area contributed by atoms with Crippen LogP contribution in [0.3, 0.4) is 0 Å². The maximum Gasteiger partial charge on any atom is 0.257 e. The number of nitrogens with one attached hydrogen (secondary N) is 1. The van der Waals surface area contributed by atoms with E-state index in [1.807, 2.05) is 25.1 Å². The molecule has 142 valence electrons. The number of carbonyl (C=O) groups excluding carboxylic acids is 1. The average Bonchev–Trinajstić information content (AvgIpc) is 3.04. The summed E-state index contributed by atoms with van der Waals surface area (Å²) in [6.45, 7) is 3.53. The Morgan fingerprint density at radius 2 is 2.04 bits per heavy atom. The average molecular weight is 516 g/mol. The van der Waals surface area contributed by atoms with Gasteiger partial charge in [-0.25, -0.2) is 13.4 Å². The fourth-order valence-corrected chi connectivity index (χ4v) is 4.57. The number of fused-ring (bicyclic) bond motifs is 1. The lowest BCUT2D eigenvalue weighted by molar-refractivity contribution is -0.113. The summed E-state index contributed by atoms with van der Waals surface area (Å²) in [6, 6.07) is 10.4. The third-order valence-corrected chi connectivity index (χ3v) is 7.10. The van der Waals surface area contributed by atoms with Gasteiger partial charge in [-0.2, -0.15) is 0 Å². The first-order valence-electron chi connectivity index (χ1n) is 8.10. The fraction of sp³-hybridized carbons (Fsp3) is 0.222. The number of benzene rings is 2. The zero-order valence-electron chi connectivity index (χ0n) is 14.7. The zero-order chi connectivity index (χ0) is 19.6. The molecule has 0 radical (unpaired) electrons. The number of amides is 1. The molecule has 0 bridgehead atoms. The predicted octanol–water partition coefficient (Wildman–Crippen LogP) is 4.27. The standard InChI is InChI=1S/C18H17IN2O4S2/c1-3-27(23,24)13-5-7-16-15(9-13)21-18(25-16)26-10-17(22)20-14-6-4-12(19)8-11(14)2/h4-9H,3,10H2,1-2H3,(H,20,22). The van der Waals surface area contributed by atoms with E-state index >= 15 is 0 Å². The number of nitrogens with zero attached hydrogens (tertiary/aromatic N) is 1. The van der Waals surface area contributed by atoms with Crippen LogP contribution in [-0.2, 0) is 14.6 Å². The zero-order valence-corrected chi connectivity index (χ0v) is 18.4. The molecule has 0 fully saturated rings. The number of hydrogen-bond donors (Lipinski definition) is 1. The number of carbonyl (C=O) groups is 1. The maximum absolute atomic E-state index is 12.2. The van der Waals surface area contributed by atoms with Crippen molar-refractivity contribution >= 4 is 66.9 Å². The second kappa shape index (κ2) is 8.19. The van der Waals surface area contributed by atoms with Crippen LogP contribution in [0.5, 0.6) is 0 Å². The van der Waals surface area contributed by atoms with Crippen molar-refractivity contribution in [3.8, 4) is 0 Å². The van der Waals surface area contributed by atoms with E-state index in [2.05, 4.69) is 32.9 Å². The molecule has 1 N–H and O–H groups in total. The first-order valence-corrected chi connectivity index (χ1v) is 11.8. The smallest absolute Gasteiger partial charge is 0.257 e. The van der Waals surface area contributed by atoms with E-state index in [1.165, 1.54) is 12.1 Å². The SMILES string of the molecule is CCS(=O)(=O)c1ccc2oc(SCC(=O)Nc3ccc(I)cc3C)nc2c1. The first kappa shape index (κ1) is 20.2. The second-order valence-corrected chi connectivity index (χ2v) is 10.3. The van der Waals surface area contributed by atoms with Crippen LogP contribution >= 0.6 is 34.4 Å². The van der Waals surface area contributed by atoms with Crippen molar-refractivity contribution in [1.29, 1.82) is 0 Å². The van der Waals surface area contributed by atoms with Gasteiger partial charge in [0.1, 0.15) is 5.52 Å². The van der Waals surface area contributed by atoms with Crippen molar-refractivity contribution in [2.75, 3.05) is 16.8 Å². The van der Waals surface area contributed by atoms with E-state index in [1.54, 1.807) is 13.0 Å². The van der Waals surface area contributed by atoms with Crippen LogP contribution in [0.2, 0.25) is 0 Å². The Hall–Kier alpha value is -1.59. The molecule has 1 heterocycles. The lowest BCUT2D eigenvalue weighted by Gasteiger charge is -2.07. The van der Waals surface area contributed by atoms with Crippen molar-refractivity contribution in [2.45, 2.75) is 24.0 Å². The van der Waals surface area contributed by atoms with Crippen LogP contribution in [0.4, 0.5) is 5.69 Å². The summed E-state index contributed by atoms with van der Waals surface area (Å²) < 4.78 is 30.6. The molecule has 0 aliphatic heterocycles. The minimum atomic E-state index is -3.30. The molecule has 0 spiro atoms. The Kier molecular flexibility index (Phi) is 6.11. The highest BCUT2D eigenvalue weighted by Gasteiger charge is 2.15. The Labute approximate surface area is 175 Å². The largest absolute Gasteiger partial charge is 0.431 e. The van der Waals surface area contributed by atoms with Gasteiger partial charge in [-0.3, -0.25) is 4.79 Å². The van der Waals surface area contributed by atoms with E-state index in [4.69, 9.17) is 4.42 Å². The van der Waals surface area contributed by atoms with Crippen LogP contribution in [-0.4, -0.2) is 30.8 Å². The van der Waals surface area contributed by atoms with Crippen LogP contribution in [0, 0.1) is 10.5 Å². The van der Waals surface area contributed by atoms with Gasteiger partial charge in [0.25, 0.3) is 5.22 Å². The number of anilines is 1. The quantitative estimate of drug-likeness (QED) is 0.389. The molecule has 0 saturated heterocycles. The molecule has 0 aliphatic rings. The van der Waals surface area contributed by atoms with E-state index in [0.717, 1.165) is 26.6 Å². The summed E-state index contributed by atoms with van der Waals surface area (Å²) in [6.07, 6.45) is 0. The van der Waals surface area contributed by atoms with E-state index < -0.39 is 9.84 Å². The van der Waals surface area contributed by atoms with Gasteiger partial charge in [0.05, 0.1) is 16.4 Å². The third-order valence-electron chi connectivity index (χ3n) is 3.87. The van der Waals surface area contributed by atoms with E-state index in [-0.39, 0.29) is 22.3 Å². The molecule has 27 heavy (non-hydrogen) atoms. The summed E-state index contributed by atoms with van der Waals surface area (Å²) >= 11 is 3.38. The summed E-state index contributed by atoms with van der Waals surface area (Å²) in [4.78, 5) is 16.7. The Bertz CT molecular complexity index is 1110. The molecule has 9 heteroatoms. The van der Waals surface area contributed by atoms with E-state index in [0.29, 0.717) is 16.3 Å². The number of hydrogen-bond acceptors (Lipinski definition) is 6. The fourth-order valence-electron chi connectivity index (χ4n) is 2.39. The van der Waals surface area contributed by atoms with Gasteiger partial charge in [0.2, 0.25) is 5.91 Å². The van der Waals surface area contributed by atoms with Gasteiger partial charge in [-0.05, 0) is 71.5 Å². The normalized spacial score (nSPS) is 11.7. The molecule has 3 aromatic rings. The molecule has 0 atom stereocenters. The van der Waals surface area contributed by atoms with Crippen LogP contribution < -0.4 is 5.32 Å². The van der Waals surface area contributed by atoms with Gasteiger partial charge in [-0.1, -0.05) is 18.7 Å². The predicted molar refractivity (Wildman–Crippen MR) is 115 cm³/mol. The molecule has 0 saturated carbocycles. The Morgan fingerprint density at radius 1 is 1.26 bits per heavy atom. The first-order chi connectivity index (χ1) is 12.8. The number of halogens is 1. The summed E-state index contributed by atoms with van der Waals surface area (Å²) in [5.74, 6) is -0.00475. The third kappa shape index (κ3) is 4.82. The summed E-state index contributed by atoms with van der Waals surface area (Å²) in [7, 11) is -3.30. The van der Waals surface area contributed by atoms with Crippen molar-refractivity contribution in [2.24, 2.45) is 0 Å². The lowest BCUT2D eigenvalue weighted by atomic mass is 10.2. The number of oxazole rings is 1. The van der Waals surface area contributed by atoms with Gasteiger partial charge < -0.3 is 9.73 Å². The maximum atomic E-state index is 12.2. The second-order valence-electron chi connectivity index (χ2n) is 5.81. The van der Waals surface area contributed by atoms with Crippen molar-refractivity contribution in [3.05, 3.63) is 45.5 Å².